The Morgan fingerprint density at radius 3 is 2.56 bits per heavy atom. The molecule has 1 unspecified atom stereocenters. The quantitative estimate of drug-likeness (QED) is 0.613. The van der Waals surface area contributed by atoms with Crippen molar-refractivity contribution in [1.29, 1.82) is 0 Å². The van der Waals surface area contributed by atoms with Gasteiger partial charge in [0.1, 0.15) is 5.76 Å². The molecule has 0 radical (unpaired) electrons. The molecule has 0 saturated heterocycles. The van der Waals surface area contributed by atoms with E-state index in [9.17, 15) is 0 Å². The van der Waals surface area contributed by atoms with Crippen LogP contribution in [0.25, 0.3) is 10.8 Å². The summed E-state index contributed by atoms with van der Waals surface area (Å²) in [7, 11) is 0. The molecule has 1 aromatic heterocycles. The van der Waals surface area contributed by atoms with Gasteiger partial charge in [-0.1, -0.05) is 58.4 Å². The average molecular weight is 301 g/mol. The lowest BCUT2D eigenvalue weighted by molar-refractivity contribution is 0.507. The Bertz CT molecular complexity index is 643. The van der Waals surface area contributed by atoms with Gasteiger partial charge in [0.05, 0.1) is 11.1 Å². The second kappa shape index (κ2) is 4.99. The maximum atomic E-state index is 5.41. The second-order valence-corrected chi connectivity index (χ2v) is 5.47. The fraction of sp³-hybridized carbons (Fsp3) is 0.125. The van der Waals surface area contributed by atoms with Gasteiger partial charge < -0.3 is 4.42 Å². The molecule has 0 aliphatic heterocycles. The predicted molar refractivity (Wildman–Crippen MR) is 78.0 cm³/mol. The molecule has 0 spiro atoms. The first kappa shape index (κ1) is 11.5. The molecule has 3 rings (SSSR count). The molecule has 1 nitrogen and oxygen atoms in total. The van der Waals surface area contributed by atoms with E-state index in [2.05, 4.69) is 58.4 Å². The van der Waals surface area contributed by atoms with E-state index in [1.165, 1.54) is 16.3 Å². The van der Waals surface area contributed by atoms with Crippen molar-refractivity contribution in [2.75, 3.05) is 0 Å². The van der Waals surface area contributed by atoms with Crippen molar-refractivity contribution in [1.82, 2.24) is 0 Å². The van der Waals surface area contributed by atoms with Gasteiger partial charge in [-0.15, -0.1) is 0 Å². The molecule has 0 aliphatic rings. The molecule has 0 saturated carbocycles. The monoisotopic (exact) mass is 300 g/mol. The minimum Gasteiger partial charge on any atom is -0.468 e. The van der Waals surface area contributed by atoms with Crippen LogP contribution in [0, 0.1) is 0 Å². The zero-order chi connectivity index (χ0) is 12.4. The molecule has 0 bridgehead atoms. The van der Waals surface area contributed by atoms with Crippen LogP contribution in [0.2, 0.25) is 0 Å². The van der Waals surface area contributed by atoms with Crippen molar-refractivity contribution < 1.29 is 4.42 Å². The number of halogens is 1. The highest BCUT2D eigenvalue weighted by Crippen LogP contribution is 2.28. The third-order valence-corrected chi connectivity index (χ3v) is 3.86. The molecule has 90 valence electrons. The average Bonchev–Trinajstić information content (AvgIpc) is 2.92. The van der Waals surface area contributed by atoms with Gasteiger partial charge in [-0.25, -0.2) is 0 Å². The van der Waals surface area contributed by atoms with Crippen molar-refractivity contribution in [3.05, 3.63) is 72.2 Å². The predicted octanol–water partition coefficient (Wildman–Crippen LogP) is 5.11. The van der Waals surface area contributed by atoms with Gasteiger partial charge in [0.2, 0.25) is 0 Å². The second-order valence-electron chi connectivity index (χ2n) is 4.37. The summed E-state index contributed by atoms with van der Waals surface area (Å²) in [5.74, 6) is 0.975. The number of fused-ring (bicyclic) bond motifs is 1. The molecule has 2 aromatic carbocycles. The molecule has 0 amide bonds. The van der Waals surface area contributed by atoms with Crippen LogP contribution in [0.5, 0.6) is 0 Å². The number of furan rings is 1. The van der Waals surface area contributed by atoms with E-state index in [0.29, 0.717) is 0 Å². The SMILES string of the molecule is BrC(Cc1ccc2ccccc2c1)c1ccco1. The number of hydrogen-bond donors (Lipinski definition) is 0. The van der Waals surface area contributed by atoms with Crippen LogP contribution < -0.4 is 0 Å². The Labute approximate surface area is 115 Å². The summed E-state index contributed by atoms with van der Waals surface area (Å²) in [5, 5.41) is 2.57. The Morgan fingerprint density at radius 1 is 0.944 bits per heavy atom. The Balaban J connectivity index is 1.86. The molecule has 1 heterocycles. The summed E-state index contributed by atoms with van der Waals surface area (Å²) in [6, 6.07) is 18.9. The normalized spacial score (nSPS) is 12.7. The van der Waals surface area contributed by atoms with Crippen LogP contribution in [-0.2, 0) is 6.42 Å². The third kappa shape index (κ3) is 2.34. The zero-order valence-corrected chi connectivity index (χ0v) is 11.4. The van der Waals surface area contributed by atoms with Gasteiger partial charge in [0.25, 0.3) is 0 Å². The van der Waals surface area contributed by atoms with Gasteiger partial charge in [-0.3, -0.25) is 0 Å². The fourth-order valence-electron chi connectivity index (χ4n) is 2.14. The Hall–Kier alpha value is -1.54. The van der Waals surface area contributed by atoms with E-state index in [4.69, 9.17) is 4.42 Å². The largest absolute Gasteiger partial charge is 0.468 e. The number of alkyl halides is 1. The maximum Gasteiger partial charge on any atom is 0.117 e. The van der Waals surface area contributed by atoms with Crippen LogP contribution in [0.15, 0.2) is 65.3 Å². The lowest BCUT2D eigenvalue weighted by Crippen LogP contribution is -1.93. The topological polar surface area (TPSA) is 13.1 Å². The smallest absolute Gasteiger partial charge is 0.117 e. The van der Waals surface area contributed by atoms with E-state index < -0.39 is 0 Å². The van der Waals surface area contributed by atoms with E-state index in [1.807, 2.05) is 12.1 Å². The first-order valence-electron chi connectivity index (χ1n) is 5.98. The van der Waals surface area contributed by atoms with Gasteiger partial charge in [-0.2, -0.15) is 0 Å². The molecule has 2 heteroatoms. The van der Waals surface area contributed by atoms with Crippen molar-refractivity contribution in [3.63, 3.8) is 0 Å². The number of benzene rings is 2. The lowest BCUT2D eigenvalue weighted by atomic mass is 10.0. The van der Waals surface area contributed by atoms with Crippen LogP contribution in [0.4, 0.5) is 0 Å². The first-order valence-corrected chi connectivity index (χ1v) is 6.89. The molecule has 0 fully saturated rings. The van der Waals surface area contributed by atoms with Crippen LogP contribution >= 0.6 is 15.9 Å². The third-order valence-electron chi connectivity index (χ3n) is 3.08. The Morgan fingerprint density at radius 2 is 1.78 bits per heavy atom. The van der Waals surface area contributed by atoms with Gasteiger partial charge >= 0.3 is 0 Å². The molecule has 0 aliphatic carbocycles. The molecular formula is C16H13BrO. The standard InChI is InChI=1S/C16H13BrO/c17-15(16-6-3-9-18-16)11-12-7-8-13-4-1-2-5-14(13)10-12/h1-10,15H,11H2. The molecule has 3 aromatic rings. The van der Waals surface area contributed by atoms with Crippen molar-refractivity contribution in [2.45, 2.75) is 11.2 Å². The summed E-state index contributed by atoms with van der Waals surface area (Å²) in [6.07, 6.45) is 2.64. The molecule has 1 atom stereocenters. The van der Waals surface area contributed by atoms with Crippen LogP contribution in [-0.4, -0.2) is 0 Å². The zero-order valence-electron chi connectivity index (χ0n) is 9.84. The Kier molecular flexibility index (Phi) is 3.20. The molecular weight excluding hydrogens is 288 g/mol. The summed E-state index contributed by atoms with van der Waals surface area (Å²) in [5.41, 5.74) is 1.31. The number of rotatable bonds is 3. The molecule has 0 N–H and O–H groups in total. The summed E-state index contributed by atoms with van der Waals surface area (Å²) in [6.45, 7) is 0. The van der Waals surface area contributed by atoms with E-state index in [0.717, 1.165) is 12.2 Å². The van der Waals surface area contributed by atoms with Crippen molar-refractivity contribution in [3.8, 4) is 0 Å². The lowest BCUT2D eigenvalue weighted by Gasteiger charge is -2.08. The van der Waals surface area contributed by atoms with Crippen molar-refractivity contribution >= 4 is 26.7 Å². The number of hydrogen-bond acceptors (Lipinski definition) is 1. The molecule has 18 heavy (non-hydrogen) atoms. The minimum absolute atomic E-state index is 0.230. The van der Waals surface area contributed by atoms with E-state index >= 15 is 0 Å². The van der Waals surface area contributed by atoms with E-state index in [1.54, 1.807) is 6.26 Å². The summed E-state index contributed by atoms with van der Waals surface area (Å²) >= 11 is 3.67. The first-order chi connectivity index (χ1) is 8.83. The highest BCUT2D eigenvalue weighted by Gasteiger charge is 2.11. The van der Waals surface area contributed by atoms with Gasteiger partial charge in [0.15, 0.2) is 0 Å². The maximum absolute atomic E-state index is 5.41. The summed E-state index contributed by atoms with van der Waals surface area (Å²) in [4.78, 5) is 0.230. The van der Waals surface area contributed by atoms with Crippen LogP contribution in [0.3, 0.4) is 0 Å². The van der Waals surface area contributed by atoms with Gasteiger partial charge in [0, 0.05) is 0 Å². The fourth-order valence-corrected chi connectivity index (χ4v) is 2.78. The highest BCUT2D eigenvalue weighted by atomic mass is 79.9. The van der Waals surface area contributed by atoms with Crippen molar-refractivity contribution in [2.24, 2.45) is 0 Å². The highest BCUT2D eigenvalue weighted by molar-refractivity contribution is 9.09. The summed E-state index contributed by atoms with van der Waals surface area (Å²) < 4.78 is 5.41. The minimum atomic E-state index is 0.230. The van der Waals surface area contributed by atoms with E-state index in [-0.39, 0.29) is 4.83 Å². The van der Waals surface area contributed by atoms with Crippen LogP contribution in [0.1, 0.15) is 16.2 Å². The van der Waals surface area contributed by atoms with Gasteiger partial charge in [-0.05, 0) is 34.9 Å².